The Bertz CT molecular complexity index is 499. The highest BCUT2D eigenvalue weighted by Crippen LogP contribution is 2.28. The molecule has 21 heavy (non-hydrogen) atoms. The van der Waals surface area contributed by atoms with Crippen LogP contribution in [-0.2, 0) is 14.3 Å². The van der Waals surface area contributed by atoms with Crippen LogP contribution in [0.1, 0.15) is 24.3 Å². The van der Waals surface area contributed by atoms with Crippen molar-refractivity contribution < 1.29 is 24.0 Å². The summed E-state index contributed by atoms with van der Waals surface area (Å²) in [6.07, 6.45) is 0.186. The lowest BCUT2D eigenvalue weighted by molar-refractivity contribution is -0.525. The number of esters is 1. The number of ether oxygens (including phenoxy) is 2. The zero-order valence-electron chi connectivity index (χ0n) is 11.9. The van der Waals surface area contributed by atoms with E-state index in [1.165, 1.54) is 14.2 Å². The molecule has 1 aromatic rings. The first-order valence-electron chi connectivity index (χ1n) is 6.31. The minimum Gasteiger partial charge on any atom is -0.497 e. The maximum atomic E-state index is 11.3. The van der Waals surface area contributed by atoms with Crippen molar-refractivity contribution in [3.63, 3.8) is 0 Å². The third-order valence-electron chi connectivity index (χ3n) is 3.23. The second kappa shape index (κ2) is 7.98. The molecule has 7 nitrogen and oxygen atoms in total. The zero-order valence-corrected chi connectivity index (χ0v) is 11.9. The van der Waals surface area contributed by atoms with Gasteiger partial charge in [0.15, 0.2) is 0 Å². The number of benzene rings is 1. The van der Waals surface area contributed by atoms with Crippen molar-refractivity contribution in [2.75, 3.05) is 14.2 Å². The predicted molar refractivity (Wildman–Crippen MR) is 73.8 cm³/mol. The molecule has 2 atom stereocenters. The third-order valence-corrected chi connectivity index (χ3v) is 3.23. The maximum absolute atomic E-state index is 11.3. The van der Waals surface area contributed by atoms with Crippen LogP contribution >= 0.6 is 0 Å². The second-order valence-corrected chi connectivity index (χ2v) is 4.41. The number of rotatable bonds is 8. The molecule has 1 aromatic carbocycles. The van der Waals surface area contributed by atoms with Gasteiger partial charge in [-0.1, -0.05) is 12.1 Å². The number of nitro groups is 1. The molecule has 0 unspecified atom stereocenters. The molecule has 0 aromatic heterocycles. The first kappa shape index (κ1) is 16.6. The van der Waals surface area contributed by atoms with E-state index in [0.29, 0.717) is 17.6 Å². The van der Waals surface area contributed by atoms with E-state index in [0.717, 1.165) is 0 Å². The highest BCUT2D eigenvalue weighted by atomic mass is 16.6. The van der Waals surface area contributed by atoms with Gasteiger partial charge in [0, 0.05) is 11.3 Å². The lowest BCUT2D eigenvalue weighted by atomic mass is 9.87. The Morgan fingerprint density at radius 2 is 1.95 bits per heavy atom. The summed E-state index contributed by atoms with van der Waals surface area (Å²) < 4.78 is 9.50. The Kier molecular flexibility index (Phi) is 6.32. The summed E-state index contributed by atoms with van der Waals surface area (Å²) in [6.45, 7) is 0. The smallest absolute Gasteiger partial charge is 0.312 e. The summed E-state index contributed by atoms with van der Waals surface area (Å²) in [5, 5.41) is 11.2. The first-order chi connectivity index (χ1) is 10.0. The van der Waals surface area contributed by atoms with Crippen molar-refractivity contribution in [3.05, 3.63) is 39.9 Å². The molecule has 0 aliphatic heterocycles. The SMILES string of the molecule is COC(=O)C[C@H]([C@@H](CC=O)c1ccc(OC)cc1)[N+](=O)[O-]. The summed E-state index contributed by atoms with van der Waals surface area (Å²) in [6, 6.07) is 5.41. The molecule has 0 amide bonds. The topological polar surface area (TPSA) is 95.7 Å². The van der Waals surface area contributed by atoms with E-state index in [9.17, 15) is 19.7 Å². The van der Waals surface area contributed by atoms with Crippen LogP contribution in [0.25, 0.3) is 0 Å². The average molecular weight is 295 g/mol. The molecule has 0 bridgehead atoms. The summed E-state index contributed by atoms with van der Waals surface area (Å²) in [5.74, 6) is -0.766. The molecule has 0 heterocycles. The van der Waals surface area contributed by atoms with Crippen LogP contribution < -0.4 is 4.74 Å². The molecule has 0 radical (unpaired) electrons. The average Bonchev–Trinajstić information content (AvgIpc) is 2.50. The van der Waals surface area contributed by atoms with Gasteiger partial charge in [-0.3, -0.25) is 14.9 Å². The summed E-state index contributed by atoms with van der Waals surface area (Å²) >= 11 is 0. The largest absolute Gasteiger partial charge is 0.497 e. The van der Waals surface area contributed by atoms with E-state index in [4.69, 9.17) is 4.74 Å². The Morgan fingerprint density at radius 1 is 1.33 bits per heavy atom. The Hall–Kier alpha value is -2.44. The van der Waals surface area contributed by atoms with E-state index in [1.807, 2.05) is 0 Å². The lowest BCUT2D eigenvalue weighted by Crippen LogP contribution is -2.31. The summed E-state index contributed by atoms with van der Waals surface area (Å²) in [4.78, 5) is 32.8. The summed E-state index contributed by atoms with van der Waals surface area (Å²) in [5.41, 5.74) is 0.605. The number of carbonyl (C=O) groups is 2. The number of aldehydes is 1. The van der Waals surface area contributed by atoms with E-state index in [1.54, 1.807) is 24.3 Å². The van der Waals surface area contributed by atoms with Crippen molar-refractivity contribution in [2.24, 2.45) is 0 Å². The van der Waals surface area contributed by atoms with Crippen molar-refractivity contribution in [2.45, 2.75) is 24.8 Å². The fourth-order valence-corrected chi connectivity index (χ4v) is 2.09. The molecule has 0 N–H and O–H groups in total. The maximum Gasteiger partial charge on any atom is 0.312 e. The predicted octanol–water partition coefficient (Wildman–Crippen LogP) is 1.58. The van der Waals surface area contributed by atoms with Gasteiger partial charge in [0.1, 0.15) is 18.5 Å². The normalized spacial score (nSPS) is 13.0. The van der Waals surface area contributed by atoms with Crippen LogP contribution in [0, 0.1) is 10.1 Å². The van der Waals surface area contributed by atoms with Gasteiger partial charge in [-0.15, -0.1) is 0 Å². The van der Waals surface area contributed by atoms with Crippen LogP contribution in [0.4, 0.5) is 0 Å². The van der Waals surface area contributed by atoms with Crippen LogP contribution in [0.15, 0.2) is 24.3 Å². The highest BCUT2D eigenvalue weighted by molar-refractivity contribution is 5.70. The van der Waals surface area contributed by atoms with Crippen molar-refractivity contribution in [1.82, 2.24) is 0 Å². The minimum atomic E-state index is -1.21. The quantitative estimate of drug-likeness (QED) is 0.313. The second-order valence-electron chi connectivity index (χ2n) is 4.41. The van der Waals surface area contributed by atoms with Gasteiger partial charge in [-0.05, 0) is 17.7 Å². The van der Waals surface area contributed by atoms with Crippen LogP contribution in [0.2, 0.25) is 0 Å². The van der Waals surface area contributed by atoms with Gasteiger partial charge in [-0.25, -0.2) is 0 Å². The van der Waals surface area contributed by atoms with Gasteiger partial charge in [0.25, 0.3) is 0 Å². The lowest BCUT2D eigenvalue weighted by Gasteiger charge is -2.19. The standard InChI is InChI=1S/C14H17NO6/c1-20-11-5-3-10(4-6-11)12(7-8-16)13(15(18)19)9-14(17)21-2/h3-6,8,12-13H,7,9H2,1-2H3/t12-,13+/m0/s1. The number of methoxy groups -OCH3 is 2. The molecule has 114 valence electrons. The zero-order chi connectivity index (χ0) is 15.8. The Labute approximate surface area is 122 Å². The van der Waals surface area contributed by atoms with E-state index in [2.05, 4.69) is 4.74 Å². The van der Waals surface area contributed by atoms with Crippen molar-refractivity contribution in [1.29, 1.82) is 0 Å². The van der Waals surface area contributed by atoms with Gasteiger partial charge >= 0.3 is 5.97 Å². The van der Waals surface area contributed by atoms with Crippen molar-refractivity contribution >= 4 is 12.3 Å². The number of hydrogen-bond acceptors (Lipinski definition) is 6. The fourth-order valence-electron chi connectivity index (χ4n) is 2.09. The van der Waals surface area contributed by atoms with Gasteiger partial charge in [-0.2, -0.15) is 0 Å². The minimum absolute atomic E-state index is 0.0467. The summed E-state index contributed by atoms with van der Waals surface area (Å²) in [7, 11) is 2.68. The number of hydrogen-bond donors (Lipinski definition) is 0. The van der Waals surface area contributed by atoms with E-state index < -0.39 is 22.9 Å². The molecule has 1 rings (SSSR count). The fraction of sp³-hybridized carbons (Fsp3) is 0.429. The molecular formula is C14H17NO6. The Balaban J connectivity index is 3.07. The van der Waals surface area contributed by atoms with Gasteiger partial charge < -0.3 is 14.3 Å². The Morgan fingerprint density at radius 3 is 2.38 bits per heavy atom. The molecule has 0 spiro atoms. The van der Waals surface area contributed by atoms with Crippen LogP contribution in [-0.4, -0.2) is 37.4 Å². The van der Waals surface area contributed by atoms with Gasteiger partial charge in [0.05, 0.1) is 20.1 Å². The van der Waals surface area contributed by atoms with Crippen LogP contribution in [0.5, 0.6) is 5.75 Å². The van der Waals surface area contributed by atoms with Crippen molar-refractivity contribution in [3.8, 4) is 5.75 Å². The molecule has 0 saturated carbocycles. The van der Waals surface area contributed by atoms with E-state index in [-0.39, 0.29) is 12.8 Å². The molecule has 0 aliphatic carbocycles. The first-order valence-corrected chi connectivity index (χ1v) is 6.31. The number of nitrogens with zero attached hydrogens (tertiary/aromatic N) is 1. The van der Waals surface area contributed by atoms with Gasteiger partial charge in [0.2, 0.25) is 6.04 Å². The molecule has 7 heteroatoms. The van der Waals surface area contributed by atoms with Crippen LogP contribution in [0.3, 0.4) is 0 Å². The molecule has 0 aliphatic rings. The highest BCUT2D eigenvalue weighted by Gasteiger charge is 2.35. The molecule has 0 saturated heterocycles. The molecular weight excluding hydrogens is 278 g/mol. The monoisotopic (exact) mass is 295 g/mol. The molecule has 0 fully saturated rings. The number of carbonyl (C=O) groups excluding carboxylic acids is 2. The van der Waals surface area contributed by atoms with E-state index >= 15 is 0 Å². The third kappa shape index (κ3) is 4.55.